The smallest absolute Gasteiger partial charge is 0.275 e. The van der Waals surface area contributed by atoms with Gasteiger partial charge in [-0.3, -0.25) is 9.69 Å². The number of anilines is 2. The van der Waals surface area contributed by atoms with E-state index in [1.807, 2.05) is 0 Å². The molecule has 0 atom stereocenters. The van der Waals surface area contributed by atoms with E-state index in [-0.39, 0.29) is 11.6 Å². The highest BCUT2D eigenvalue weighted by Crippen LogP contribution is 2.20. The Hall–Kier alpha value is -2.22. The van der Waals surface area contributed by atoms with Crippen LogP contribution >= 0.6 is 11.6 Å². The molecule has 0 saturated carbocycles. The van der Waals surface area contributed by atoms with Gasteiger partial charge in [-0.1, -0.05) is 23.7 Å². The topological polar surface area (TPSA) is 79.4 Å². The van der Waals surface area contributed by atoms with Crippen molar-refractivity contribution in [1.82, 2.24) is 14.9 Å². The molecule has 2 N–H and O–H groups in total. The van der Waals surface area contributed by atoms with Crippen LogP contribution in [0, 0.1) is 0 Å². The summed E-state index contributed by atoms with van der Waals surface area (Å²) in [6, 6.07) is 7.05. The molecule has 0 aliphatic carbocycles. The number of carbonyl (C=O) groups excluding carboxylic acids is 1. The van der Waals surface area contributed by atoms with E-state index in [1.54, 1.807) is 30.5 Å². The molecule has 1 amide bonds. The number of carbonyl (C=O) groups is 1. The van der Waals surface area contributed by atoms with Crippen molar-refractivity contribution in [2.24, 2.45) is 0 Å². The van der Waals surface area contributed by atoms with Gasteiger partial charge in [-0.05, 0) is 12.1 Å². The molecule has 2 aromatic rings. The second-order valence-electron chi connectivity index (χ2n) is 5.60. The third kappa shape index (κ3) is 5.12. The van der Waals surface area contributed by atoms with E-state index in [9.17, 15) is 4.79 Å². The van der Waals surface area contributed by atoms with Gasteiger partial charge in [0.05, 0.1) is 36.3 Å². The van der Waals surface area contributed by atoms with Crippen molar-refractivity contribution < 1.29 is 9.53 Å². The van der Waals surface area contributed by atoms with Crippen LogP contribution < -0.4 is 10.6 Å². The zero-order chi connectivity index (χ0) is 17.5. The first-order valence-electron chi connectivity index (χ1n) is 8.14. The maximum atomic E-state index is 12.2. The Labute approximate surface area is 151 Å². The number of rotatable bonds is 6. The summed E-state index contributed by atoms with van der Waals surface area (Å²) in [7, 11) is 0. The van der Waals surface area contributed by atoms with Crippen molar-refractivity contribution in [1.29, 1.82) is 0 Å². The predicted octanol–water partition coefficient (Wildman–Crippen LogP) is 2.13. The number of morpholine rings is 1. The van der Waals surface area contributed by atoms with Gasteiger partial charge in [-0.25, -0.2) is 9.97 Å². The van der Waals surface area contributed by atoms with Gasteiger partial charge in [-0.15, -0.1) is 0 Å². The van der Waals surface area contributed by atoms with Crippen molar-refractivity contribution >= 4 is 29.0 Å². The third-order valence-electron chi connectivity index (χ3n) is 3.84. The first kappa shape index (κ1) is 17.6. The lowest BCUT2D eigenvalue weighted by molar-refractivity contribution is 0.0398. The summed E-state index contributed by atoms with van der Waals surface area (Å²) < 4.78 is 5.32. The first-order valence-corrected chi connectivity index (χ1v) is 8.52. The molecule has 25 heavy (non-hydrogen) atoms. The molecule has 1 aliphatic rings. The maximum Gasteiger partial charge on any atom is 0.275 e. The third-order valence-corrected chi connectivity index (χ3v) is 4.17. The number of halogens is 1. The molecule has 0 unspecified atom stereocenters. The Balaban J connectivity index is 1.49. The van der Waals surface area contributed by atoms with Crippen molar-refractivity contribution in [3.63, 3.8) is 0 Å². The molecule has 7 nitrogen and oxygen atoms in total. The molecule has 1 saturated heterocycles. The van der Waals surface area contributed by atoms with Gasteiger partial charge in [-0.2, -0.15) is 0 Å². The fourth-order valence-electron chi connectivity index (χ4n) is 2.45. The van der Waals surface area contributed by atoms with Gasteiger partial charge < -0.3 is 15.4 Å². The molecule has 8 heteroatoms. The first-order chi connectivity index (χ1) is 12.2. The molecule has 132 valence electrons. The zero-order valence-electron chi connectivity index (χ0n) is 13.7. The van der Waals surface area contributed by atoms with Gasteiger partial charge in [0.25, 0.3) is 5.91 Å². The van der Waals surface area contributed by atoms with Crippen LogP contribution in [0.4, 0.5) is 11.5 Å². The highest BCUT2D eigenvalue weighted by atomic mass is 35.5. The molecular weight excluding hydrogens is 342 g/mol. The van der Waals surface area contributed by atoms with Gasteiger partial charge >= 0.3 is 0 Å². The van der Waals surface area contributed by atoms with E-state index < -0.39 is 0 Å². The Morgan fingerprint density at radius 3 is 2.72 bits per heavy atom. The molecule has 0 radical (unpaired) electrons. The number of hydrogen-bond donors (Lipinski definition) is 2. The van der Waals surface area contributed by atoms with Crippen LogP contribution in [0.3, 0.4) is 0 Å². The monoisotopic (exact) mass is 361 g/mol. The maximum absolute atomic E-state index is 12.2. The number of hydrogen-bond acceptors (Lipinski definition) is 6. The lowest BCUT2D eigenvalue weighted by Crippen LogP contribution is -2.39. The number of nitrogens with one attached hydrogen (secondary N) is 2. The van der Waals surface area contributed by atoms with E-state index in [4.69, 9.17) is 16.3 Å². The average molecular weight is 362 g/mol. The summed E-state index contributed by atoms with van der Waals surface area (Å²) in [5.74, 6) is 0.294. The van der Waals surface area contributed by atoms with Crippen LogP contribution in [-0.4, -0.2) is 60.2 Å². The normalized spacial score (nSPS) is 14.9. The Morgan fingerprint density at radius 2 is 2.00 bits per heavy atom. The minimum absolute atomic E-state index is 0.235. The molecular formula is C17H20ClN5O2. The minimum Gasteiger partial charge on any atom is -0.379 e. The van der Waals surface area contributed by atoms with E-state index in [2.05, 4.69) is 25.5 Å². The van der Waals surface area contributed by atoms with Crippen LogP contribution in [0.1, 0.15) is 10.5 Å². The van der Waals surface area contributed by atoms with Crippen LogP contribution in [0.25, 0.3) is 0 Å². The molecule has 2 heterocycles. The fraction of sp³-hybridized carbons (Fsp3) is 0.353. The summed E-state index contributed by atoms with van der Waals surface area (Å²) in [6.07, 6.45) is 3.00. The standard InChI is InChI=1S/C17H20ClN5O2/c18-13-3-1-2-4-14(13)22-17(24)15-11-21-16(12-20-15)19-5-6-23-7-9-25-10-8-23/h1-4,11-12H,5-10H2,(H,19,21)(H,22,24). The van der Waals surface area contributed by atoms with Gasteiger partial charge in [0.2, 0.25) is 0 Å². The van der Waals surface area contributed by atoms with E-state index in [0.29, 0.717) is 16.5 Å². The van der Waals surface area contributed by atoms with Crippen LogP contribution in [-0.2, 0) is 4.74 Å². The summed E-state index contributed by atoms with van der Waals surface area (Å²) in [5, 5.41) is 6.40. The number of para-hydroxylation sites is 1. The number of aromatic nitrogens is 2. The minimum atomic E-state index is -0.347. The van der Waals surface area contributed by atoms with Crippen molar-refractivity contribution in [3.05, 3.63) is 47.4 Å². The Morgan fingerprint density at radius 1 is 1.20 bits per heavy atom. The molecule has 0 spiro atoms. The second kappa shape index (κ2) is 8.75. The summed E-state index contributed by atoms with van der Waals surface area (Å²) in [5.41, 5.74) is 0.780. The molecule has 3 rings (SSSR count). The van der Waals surface area contributed by atoms with E-state index in [0.717, 1.165) is 39.4 Å². The van der Waals surface area contributed by atoms with Crippen LogP contribution in [0.15, 0.2) is 36.7 Å². The second-order valence-corrected chi connectivity index (χ2v) is 6.01. The largest absolute Gasteiger partial charge is 0.379 e. The van der Waals surface area contributed by atoms with Crippen molar-refractivity contribution in [2.75, 3.05) is 50.0 Å². The lowest BCUT2D eigenvalue weighted by atomic mass is 10.3. The number of amides is 1. The molecule has 1 fully saturated rings. The molecule has 1 aromatic carbocycles. The quantitative estimate of drug-likeness (QED) is 0.820. The number of nitrogens with zero attached hydrogens (tertiary/aromatic N) is 3. The molecule has 0 bridgehead atoms. The number of benzene rings is 1. The van der Waals surface area contributed by atoms with Gasteiger partial charge in [0, 0.05) is 26.2 Å². The Bertz CT molecular complexity index is 704. The summed E-state index contributed by atoms with van der Waals surface area (Å²) >= 11 is 6.03. The SMILES string of the molecule is O=C(Nc1ccccc1Cl)c1cnc(NCCN2CCOCC2)cn1. The highest BCUT2D eigenvalue weighted by Gasteiger charge is 2.11. The van der Waals surface area contributed by atoms with Crippen LogP contribution in [0.5, 0.6) is 0 Å². The van der Waals surface area contributed by atoms with Crippen molar-refractivity contribution in [2.45, 2.75) is 0 Å². The van der Waals surface area contributed by atoms with Crippen molar-refractivity contribution in [3.8, 4) is 0 Å². The summed E-state index contributed by atoms with van der Waals surface area (Å²) in [6.45, 7) is 5.16. The lowest BCUT2D eigenvalue weighted by Gasteiger charge is -2.26. The summed E-state index contributed by atoms with van der Waals surface area (Å²) in [4.78, 5) is 22.9. The molecule has 1 aromatic heterocycles. The van der Waals surface area contributed by atoms with E-state index >= 15 is 0 Å². The Kier molecular flexibility index (Phi) is 6.16. The number of ether oxygens (including phenoxy) is 1. The van der Waals surface area contributed by atoms with Gasteiger partial charge in [0.15, 0.2) is 0 Å². The average Bonchev–Trinajstić information content (AvgIpc) is 2.65. The highest BCUT2D eigenvalue weighted by molar-refractivity contribution is 6.33. The predicted molar refractivity (Wildman–Crippen MR) is 97.2 cm³/mol. The molecule has 1 aliphatic heterocycles. The van der Waals surface area contributed by atoms with E-state index in [1.165, 1.54) is 6.20 Å². The van der Waals surface area contributed by atoms with Crippen LogP contribution in [0.2, 0.25) is 5.02 Å². The van der Waals surface area contributed by atoms with Gasteiger partial charge in [0.1, 0.15) is 11.5 Å². The zero-order valence-corrected chi connectivity index (χ0v) is 14.5. The fourth-order valence-corrected chi connectivity index (χ4v) is 2.64.